The lowest BCUT2D eigenvalue weighted by atomic mass is 9.71. The smallest absolute Gasteiger partial charge is 0.283 e. The molecule has 3 amide bonds. The van der Waals surface area contributed by atoms with Gasteiger partial charge in [-0.15, -0.1) is 0 Å². The Bertz CT molecular complexity index is 806. The van der Waals surface area contributed by atoms with E-state index < -0.39 is 17.9 Å². The highest BCUT2D eigenvalue weighted by Crippen LogP contribution is 2.43. The molecular formula is C19H22N4O2. The third-order valence-electron chi connectivity index (χ3n) is 5.26. The molecule has 0 aromatic heterocycles. The summed E-state index contributed by atoms with van der Waals surface area (Å²) in [7, 11) is 2.95. The standard InChI is InChI=1S/C19H22N4O2/c1-19(2)10-9-15(12-7-5-6-8-14(12)19)21-16-13(11-20)17(24)23(4)18(25)22(16)3/h5-8,13,15H,9-10H2,1-4H3. The molecule has 2 aliphatic rings. The van der Waals surface area contributed by atoms with E-state index in [0.717, 1.165) is 23.3 Å². The summed E-state index contributed by atoms with van der Waals surface area (Å²) in [6.07, 6.45) is 1.77. The molecular weight excluding hydrogens is 316 g/mol. The monoisotopic (exact) mass is 338 g/mol. The van der Waals surface area contributed by atoms with E-state index in [4.69, 9.17) is 4.99 Å². The fourth-order valence-electron chi connectivity index (χ4n) is 3.67. The summed E-state index contributed by atoms with van der Waals surface area (Å²) in [5.74, 6) is -1.32. The molecule has 6 nitrogen and oxygen atoms in total. The molecule has 6 heteroatoms. The predicted octanol–water partition coefficient (Wildman–Crippen LogP) is 2.86. The largest absolute Gasteiger partial charge is 0.331 e. The third-order valence-corrected chi connectivity index (χ3v) is 5.26. The number of urea groups is 1. The van der Waals surface area contributed by atoms with Crippen LogP contribution in [0.1, 0.15) is 43.9 Å². The van der Waals surface area contributed by atoms with Crippen LogP contribution in [0, 0.1) is 17.2 Å². The Morgan fingerprint density at radius 3 is 2.56 bits per heavy atom. The zero-order chi connectivity index (χ0) is 18.4. The van der Waals surface area contributed by atoms with Gasteiger partial charge in [-0.05, 0) is 29.4 Å². The maximum absolute atomic E-state index is 12.3. The van der Waals surface area contributed by atoms with Crippen LogP contribution in [0.5, 0.6) is 0 Å². The van der Waals surface area contributed by atoms with Crippen LogP contribution in [-0.4, -0.2) is 41.7 Å². The topological polar surface area (TPSA) is 76.8 Å². The van der Waals surface area contributed by atoms with Crippen molar-refractivity contribution in [3.8, 4) is 6.07 Å². The molecule has 1 heterocycles. The first kappa shape index (κ1) is 17.2. The molecule has 2 atom stereocenters. The van der Waals surface area contributed by atoms with Crippen molar-refractivity contribution >= 4 is 17.8 Å². The zero-order valence-corrected chi connectivity index (χ0v) is 15.0. The maximum Gasteiger partial charge on any atom is 0.331 e. The van der Waals surface area contributed by atoms with Crippen molar-refractivity contribution in [3.63, 3.8) is 0 Å². The van der Waals surface area contributed by atoms with Crippen LogP contribution in [0.2, 0.25) is 0 Å². The van der Waals surface area contributed by atoms with Crippen LogP contribution in [-0.2, 0) is 10.2 Å². The number of amidine groups is 1. The van der Waals surface area contributed by atoms with E-state index in [-0.39, 0.29) is 17.3 Å². The minimum Gasteiger partial charge on any atom is -0.283 e. The molecule has 2 unspecified atom stereocenters. The van der Waals surface area contributed by atoms with Gasteiger partial charge in [-0.25, -0.2) is 4.79 Å². The molecule has 0 bridgehead atoms. The van der Waals surface area contributed by atoms with Crippen molar-refractivity contribution < 1.29 is 9.59 Å². The Labute approximate surface area is 147 Å². The number of benzene rings is 1. The lowest BCUT2D eigenvalue weighted by Crippen LogP contribution is -2.56. The van der Waals surface area contributed by atoms with Crippen LogP contribution in [0.25, 0.3) is 0 Å². The summed E-state index contributed by atoms with van der Waals surface area (Å²) in [6.45, 7) is 4.42. The van der Waals surface area contributed by atoms with Gasteiger partial charge in [0.25, 0.3) is 5.91 Å². The van der Waals surface area contributed by atoms with E-state index >= 15 is 0 Å². The van der Waals surface area contributed by atoms with Gasteiger partial charge in [0.2, 0.25) is 0 Å². The van der Waals surface area contributed by atoms with Gasteiger partial charge in [0.15, 0.2) is 5.92 Å². The summed E-state index contributed by atoms with van der Waals surface area (Å²) >= 11 is 0. The first-order chi connectivity index (χ1) is 11.8. The number of amides is 3. The number of aliphatic imine (C=N–C) groups is 1. The van der Waals surface area contributed by atoms with Crippen molar-refractivity contribution in [2.75, 3.05) is 14.1 Å². The van der Waals surface area contributed by atoms with Gasteiger partial charge in [0.1, 0.15) is 5.84 Å². The first-order valence-corrected chi connectivity index (χ1v) is 8.40. The van der Waals surface area contributed by atoms with Crippen LogP contribution < -0.4 is 0 Å². The molecule has 130 valence electrons. The average molecular weight is 338 g/mol. The average Bonchev–Trinajstić information content (AvgIpc) is 2.60. The van der Waals surface area contributed by atoms with E-state index in [2.05, 4.69) is 19.9 Å². The predicted molar refractivity (Wildman–Crippen MR) is 93.9 cm³/mol. The van der Waals surface area contributed by atoms with Crippen LogP contribution in [0.4, 0.5) is 4.79 Å². The van der Waals surface area contributed by atoms with E-state index in [9.17, 15) is 14.9 Å². The van der Waals surface area contributed by atoms with E-state index in [1.807, 2.05) is 24.3 Å². The number of nitrogens with zero attached hydrogens (tertiary/aromatic N) is 4. The van der Waals surface area contributed by atoms with Gasteiger partial charge in [-0.2, -0.15) is 5.26 Å². The van der Waals surface area contributed by atoms with Crippen molar-refractivity contribution in [1.82, 2.24) is 9.80 Å². The molecule has 1 fully saturated rings. The van der Waals surface area contributed by atoms with Crippen LogP contribution >= 0.6 is 0 Å². The molecule has 1 aliphatic heterocycles. The Morgan fingerprint density at radius 1 is 1.20 bits per heavy atom. The molecule has 1 saturated heterocycles. The second-order valence-electron chi connectivity index (χ2n) is 7.31. The second-order valence-corrected chi connectivity index (χ2v) is 7.31. The summed E-state index contributed by atoms with van der Waals surface area (Å²) in [6, 6.07) is 9.54. The Kier molecular flexibility index (Phi) is 4.11. The maximum atomic E-state index is 12.3. The second kappa shape index (κ2) is 5.99. The number of rotatable bonds is 1. The number of nitriles is 1. The molecule has 1 aliphatic carbocycles. The fraction of sp³-hybridized carbons (Fsp3) is 0.474. The number of fused-ring (bicyclic) bond motifs is 1. The third kappa shape index (κ3) is 2.70. The van der Waals surface area contributed by atoms with Crippen molar-refractivity contribution in [3.05, 3.63) is 35.4 Å². The van der Waals surface area contributed by atoms with Crippen molar-refractivity contribution in [1.29, 1.82) is 5.26 Å². The highest BCUT2D eigenvalue weighted by Gasteiger charge is 2.42. The van der Waals surface area contributed by atoms with Gasteiger partial charge >= 0.3 is 6.03 Å². The van der Waals surface area contributed by atoms with Gasteiger partial charge in [-0.1, -0.05) is 38.1 Å². The minimum absolute atomic E-state index is 0.0617. The minimum atomic E-state index is -1.05. The van der Waals surface area contributed by atoms with Crippen molar-refractivity contribution in [2.24, 2.45) is 10.9 Å². The first-order valence-electron chi connectivity index (χ1n) is 8.40. The number of imide groups is 1. The van der Waals surface area contributed by atoms with Gasteiger partial charge in [0.05, 0.1) is 12.1 Å². The number of hydrogen-bond acceptors (Lipinski definition) is 4. The Balaban J connectivity index is 2.06. The van der Waals surface area contributed by atoms with E-state index in [1.165, 1.54) is 17.5 Å². The van der Waals surface area contributed by atoms with Crippen LogP contribution in [0.3, 0.4) is 0 Å². The molecule has 3 rings (SSSR count). The molecule has 0 spiro atoms. The highest BCUT2D eigenvalue weighted by molar-refractivity contribution is 6.19. The van der Waals surface area contributed by atoms with Gasteiger partial charge in [0, 0.05) is 14.1 Å². The number of carbonyl (C=O) groups is 2. The fourth-order valence-corrected chi connectivity index (χ4v) is 3.67. The lowest BCUT2D eigenvalue weighted by Gasteiger charge is -2.38. The van der Waals surface area contributed by atoms with E-state index in [1.54, 1.807) is 7.05 Å². The molecule has 1 aromatic rings. The van der Waals surface area contributed by atoms with Crippen LogP contribution in [0.15, 0.2) is 29.3 Å². The Hall–Kier alpha value is -2.68. The molecule has 0 saturated carbocycles. The SMILES string of the molecule is CN1C(=O)C(C#N)C(=NC2CCC(C)(C)c3ccccc32)N(C)C1=O. The number of hydrogen-bond donors (Lipinski definition) is 0. The highest BCUT2D eigenvalue weighted by atomic mass is 16.2. The summed E-state index contributed by atoms with van der Waals surface area (Å²) in [5, 5.41) is 9.45. The lowest BCUT2D eigenvalue weighted by molar-refractivity contribution is -0.129. The van der Waals surface area contributed by atoms with Gasteiger partial charge in [-0.3, -0.25) is 19.6 Å². The number of carbonyl (C=O) groups excluding carboxylic acids is 2. The molecule has 25 heavy (non-hydrogen) atoms. The Morgan fingerprint density at radius 2 is 1.88 bits per heavy atom. The molecule has 1 aromatic carbocycles. The van der Waals surface area contributed by atoms with Crippen molar-refractivity contribution in [2.45, 2.75) is 38.1 Å². The molecule has 0 N–H and O–H groups in total. The zero-order valence-electron chi connectivity index (χ0n) is 15.0. The van der Waals surface area contributed by atoms with E-state index in [0.29, 0.717) is 0 Å². The quantitative estimate of drug-likeness (QED) is 0.790. The summed E-state index contributed by atoms with van der Waals surface area (Å²) < 4.78 is 0. The summed E-state index contributed by atoms with van der Waals surface area (Å²) in [4.78, 5) is 31.5. The molecule has 0 radical (unpaired) electrons. The normalized spacial score (nSPS) is 27.2. The van der Waals surface area contributed by atoms with Gasteiger partial charge < -0.3 is 0 Å². The summed E-state index contributed by atoms with van der Waals surface area (Å²) in [5.41, 5.74) is 2.40.